The van der Waals surface area contributed by atoms with Gasteiger partial charge in [-0.25, -0.2) is 0 Å². The van der Waals surface area contributed by atoms with E-state index in [1.807, 2.05) is 13.8 Å². The molecule has 0 saturated heterocycles. The summed E-state index contributed by atoms with van der Waals surface area (Å²) in [5, 5.41) is 0. The van der Waals surface area contributed by atoms with Crippen molar-refractivity contribution in [2.75, 3.05) is 20.2 Å². The van der Waals surface area contributed by atoms with Gasteiger partial charge in [-0.2, -0.15) is 0 Å². The maximum atomic E-state index is 11.4. The molecule has 0 N–H and O–H groups in total. The van der Waals surface area contributed by atoms with E-state index in [9.17, 15) is 4.79 Å². The normalized spacial score (nSPS) is 13.5. The number of nitrogens with zero attached hydrogens (tertiary/aromatic N) is 1. The Morgan fingerprint density at radius 2 is 1.77 bits per heavy atom. The maximum Gasteiger partial charge on any atom is 0.323 e. The summed E-state index contributed by atoms with van der Waals surface area (Å²) in [7, 11) is 1.45. The fraction of sp³-hybridized carbons (Fsp3) is 0.900. The Morgan fingerprint density at radius 3 is 2.00 bits per heavy atom. The predicted molar refractivity (Wildman–Crippen MR) is 53.6 cm³/mol. The zero-order valence-corrected chi connectivity index (χ0v) is 9.33. The van der Waals surface area contributed by atoms with Gasteiger partial charge < -0.3 is 4.74 Å². The van der Waals surface area contributed by atoms with Gasteiger partial charge in [-0.1, -0.05) is 27.7 Å². The molecule has 0 heterocycles. The SMILES string of the molecule is CCN(CC)C(C(=O)OC)C(C)C. The summed E-state index contributed by atoms with van der Waals surface area (Å²) in [6.07, 6.45) is 0. The summed E-state index contributed by atoms with van der Waals surface area (Å²) in [6.45, 7) is 9.96. The van der Waals surface area contributed by atoms with Crippen LogP contribution in [0.5, 0.6) is 0 Å². The molecule has 0 fully saturated rings. The number of methoxy groups -OCH3 is 1. The topological polar surface area (TPSA) is 29.5 Å². The fourth-order valence-electron chi connectivity index (χ4n) is 1.58. The number of rotatable bonds is 5. The molecule has 1 atom stereocenters. The molecule has 0 bridgehead atoms. The van der Waals surface area contributed by atoms with Gasteiger partial charge >= 0.3 is 5.97 Å². The summed E-state index contributed by atoms with van der Waals surface area (Å²) in [5.74, 6) is 0.172. The molecule has 0 spiro atoms. The molecule has 0 radical (unpaired) electrons. The second-order valence-electron chi connectivity index (χ2n) is 3.43. The van der Waals surface area contributed by atoms with E-state index in [-0.39, 0.29) is 12.0 Å². The zero-order chi connectivity index (χ0) is 10.4. The molecule has 78 valence electrons. The zero-order valence-electron chi connectivity index (χ0n) is 9.33. The Morgan fingerprint density at radius 1 is 1.31 bits per heavy atom. The van der Waals surface area contributed by atoms with Crippen LogP contribution in [0.1, 0.15) is 27.7 Å². The van der Waals surface area contributed by atoms with Gasteiger partial charge in [0.2, 0.25) is 0 Å². The minimum Gasteiger partial charge on any atom is -0.468 e. The van der Waals surface area contributed by atoms with E-state index in [0.29, 0.717) is 5.92 Å². The average Bonchev–Trinajstić information content (AvgIpc) is 2.12. The second-order valence-corrected chi connectivity index (χ2v) is 3.43. The number of hydrogen-bond acceptors (Lipinski definition) is 3. The number of esters is 1. The van der Waals surface area contributed by atoms with Crippen LogP contribution in [0.25, 0.3) is 0 Å². The molecule has 3 heteroatoms. The lowest BCUT2D eigenvalue weighted by Gasteiger charge is -2.30. The van der Waals surface area contributed by atoms with Gasteiger partial charge in [-0.05, 0) is 19.0 Å². The van der Waals surface area contributed by atoms with Crippen LogP contribution >= 0.6 is 0 Å². The number of ether oxygens (including phenoxy) is 1. The quantitative estimate of drug-likeness (QED) is 0.611. The largest absolute Gasteiger partial charge is 0.468 e. The van der Waals surface area contributed by atoms with Crippen molar-refractivity contribution < 1.29 is 9.53 Å². The Balaban J connectivity index is 4.47. The average molecular weight is 187 g/mol. The highest BCUT2D eigenvalue weighted by molar-refractivity contribution is 5.75. The molecule has 13 heavy (non-hydrogen) atoms. The Bertz CT molecular complexity index is 153. The molecular weight excluding hydrogens is 166 g/mol. The Labute approximate surface area is 81.1 Å². The Hall–Kier alpha value is -0.570. The first-order valence-electron chi connectivity index (χ1n) is 4.90. The van der Waals surface area contributed by atoms with Crippen LogP contribution in [0.3, 0.4) is 0 Å². The third kappa shape index (κ3) is 3.35. The van der Waals surface area contributed by atoms with Crippen LogP contribution in [0.15, 0.2) is 0 Å². The van der Waals surface area contributed by atoms with Crippen LogP contribution in [0.4, 0.5) is 0 Å². The van der Waals surface area contributed by atoms with Crippen LogP contribution < -0.4 is 0 Å². The van der Waals surface area contributed by atoms with Crippen molar-refractivity contribution in [2.24, 2.45) is 5.92 Å². The molecule has 1 unspecified atom stereocenters. The van der Waals surface area contributed by atoms with E-state index < -0.39 is 0 Å². The van der Waals surface area contributed by atoms with Crippen molar-refractivity contribution in [1.29, 1.82) is 0 Å². The summed E-state index contributed by atoms with van der Waals surface area (Å²) < 4.78 is 4.78. The third-order valence-corrected chi connectivity index (χ3v) is 2.28. The molecule has 3 nitrogen and oxygen atoms in total. The van der Waals surface area contributed by atoms with Crippen molar-refractivity contribution in [2.45, 2.75) is 33.7 Å². The molecule has 0 aliphatic carbocycles. The van der Waals surface area contributed by atoms with E-state index >= 15 is 0 Å². The molecule has 0 aromatic rings. The minimum atomic E-state index is -0.126. The highest BCUT2D eigenvalue weighted by Gasteiger charge is 2.27. The summed E-state index contributed by atoms with van der Waals surface area (Å²) in [6, 6.07) is -0.0972. The number of carbonyl (C=O) groups excluding carboxylic acids is 1. The van der Waals surface area contributed by atoms with E-state index in [0.717, 1.165) is 13.1 Å². The van der Waals surface area contributed by atoms with E-state index in [2.05, 4.69) is 18.7 Å². The predicted octanol–water partition coefficient (Wildman–Crippen LogP) is 1.53. The highest BCUT2D eigenvalue weighted by atomic mass is 16.5. The lowest BCUT2D eigenvalue weighted by atomic mass is 10.0. The van der Waals surface area contributed by atoms with Crippen LogP contribution in [0.2, 0.25) is 0 Å². The molecule has 0 aliphatic heterocycles. The summed E-state index contributed by atoms with van der Waals surface area (Å²) in [5.41, 5.74) is 0. The lowest BCUT2D eigenvalue weighted by molar-refractivity contribution is -0.148. The van der Waals surface area contributed by atoms with Gasteiger partial charge in [-0.3, -0.25) is 9.69 Å². The molecule has 0 aliphatic rings. The first kappa shape index (κ1) is 12.4. The fourth-order valence-corrected chi connectivity index (χ4v) is 1.58. The van der Waals surface area contributed by atoms with Crippen molar-refractivity contribution >= 4 is 5.97 Å². The van der Waals surface area contributed by atoms with Gasteiger partial charge in [0.25, 0.3) is 0 Å². The van der Waals surface area contributed by atoms with E-state index in [1.165, 1.54) is 7.11 Å². The highest BCUT2D eigenvalue weighted by Crippen LogP contribution is 2.11. The molecule has 0 saturated carbocycles. The van der Waals surface area contributed by atoms with Crippen molar-refractivity contribution in [3.63, 3.8) is 0 Å². The standard InChI is InChI=1S/C10H21NO2/c1-6-11(7-2)9(8(3)4)10(12)13-5/h8-9H,6-7H2,1-5H3. The third-order valence-electron chi connectivity index (χ3n) is 2.28. The van der Waals surface area contributed by atoms with Gasteiger partial charge in [0.1, 0.15) is 6.04 Å². The number of likely N-dealkylation sites (N-methyl/N-ethyl adjacent to an activating group) is 1. The molecular formula is C10H21NO2. The summed E-state index contributed by atoms with van der Waals surface area (Å²) >= 11 is 0. The first-order valence-corrected chi connectivity index (χ1v) is 4.90. The van der Waals surface area contributed by atoms with Crippen molar-refractivity contribution in [1.82, 2.24) is 4.90 Å². The lowest BCUT2D eigenvalue weighted by Crippen LogP contribution is -2.45. The summed E-state index contributed by atoms with van der Waals surface area (Å²) in [4.78, 5) is 13.6. The van der Waals surface area contributed by atoms with Crippen molar-refractivity contribution in [3.05, 3.63) is 0 Å². The van der Waals surface area contributed by atoms with Crippen LogP contribution in [-0.4, -0.2) is 37.1 Å². The van der Waals surface area contributed by atoms with E-state index in [4.69, 9.17) is 4.74 Å². The number of hydrogen-bond donors (Lipinski definition) is 0. The Kier molecular flexibility index (Phi) is 5.71. The molecule has 0 aromatic heterocycles. The smallest absolute Gasteiger partial charge is 0.323 e. The minimum absolute atomic E-state index is 0.0972. The van der Waals surface area contributed by atoms with Gasteiger partial charge in [0.05, 0.1) is 7.11 Å². The van der Waals surface area contributed by atoms with Crippen molar-refractivity contribution in [3.8, 4) is 0 Å². The van der Waals surface area contributed by atoms with Gasteiger partial charge in [-0.15, -0.1) is 0 Å². The molecule has 0 aromatic carbocycles. The monoisotopic (exact) mass is 187 g/mol. The van der Waals surface area contributed by atoms with Gasteiger partial charge in [0, 0.05) is 0 Å². The number of carbonyl (C=O) groups is 1. The molecule has 0 amide bonds. The second kappa shape index (κ2) is 5.97. The molecule has 0 rings (SSSR count). The maximum absolute atomic E-state index is 11.4. The van der Waals surface area contributed by atoms with Crippen LogP contribution in [-0.2, 0) is 9.53 Å². The first-order chi connectivity index (χ1) is 6.08. The van der Waals surface area contributed by atoms with Crippen LogP contribution in [0, 0.1) is 5.92 Å². The van der Waals surface area contributed by atoms with Gasteiger partial charge in [0.15, 0.2) is 0 Å². The van der Waals surface area contributed by atoms with E-state index in [1.54, 1.807) is 0 Å².